The van der Waals surface area contributed by atoms with E-state index in [1.165, 1.54) is 0 Å². The molecule has 1 unspecified atom stereocenters. The molecular weight excluding hydrogens is 146 g/mol. The van der Waals surface area contributed by atoms with Gasteiger partial charge in [0.1, 0.15) is 0 Å². The molecule has 0 radical (unpaired) electrons. The van der Waals surface area contributed by atoms with Gasteiger partial charge in [0.15, 0.2) is 5.82 Å². The Kier molecular flexibility index (Phi) is 1.50. The molecule has 1 aliphatic rings. The third kappa shape index (κ3) is 1.19. The van der Waals surface area contributed by atoms with Gasteiger partial charge in [0.25, 0.3) is 0 Å². The Hall–Kier alpha value is -1.10. The van der Waals surface area contributed by atoms with Gasteiger partial charge in [-0.05, 0) is 19.4 Å². The molecular formula is C6H9N3O2. The van der Waals surface area contributed by atoms with E-state index >= 15 is 0 Å². The summed E-state index contributed by atoms with van der Waals surface area (Å²) in [6.07, 6.45) is 2.14. The number of hydrogen-bond donors (Lipinski definition) is 2. The molecule has 5 nitrogen and oxygen atoms in total. The van der Waals surface area contributed by atoms with Crippen molar-refractivity contribution in [3.8, 4) is 0 Å². The second kappa shape index (κ2) is 2.50. The van der Waals surface area contributed by atoms with Crippen molar-refractivity contribution >= 4 is 0 Å². The van der Waals surface area contributed by atoms with E-state index in [1.807, 2.05) is 0 Å². The number of hydrogen-bond acceptors (Lipinski definition) is 4. The quantitative estimate of drug-likeness (QED) is 0.588. The zero-order valence-corrected chi connectivity index (χ0v) is 5.96. The number of nitrogens with zero attached hydrogens (tertiary/aromatic N) is 1. The van der Waals surface area contributed by atoms with Crippen LogP contribution in [0.15, 0.2) is 9.32 Å². The minimum Gasteiger partial charge on any atom is -0.307 e. The Balaban J connectivity index is 2.21. The molecule has 0 saturated carbocycles. The first-order valence-corrected chi connectivity index (χ1v) is 3.65. The van der Waals surface area contributed by atoms with Crippen LogP contribution < -0.4 is 11.1 Å². The molecule has 2 N–H and O–H groups in total. The molecule has 2 heterocycles. The first-order chi connectivity index (χ1) is 5.36. The van der Waals surface area contributed by atoms with E-state index in [9.17, 15) is 4.79 Å². The van der Waals surface area contributed by atoms with Crippen LogP contribution in [-0.2, 0) is 0 Å². The molecule has 0 aliphatic carbocycles. The lowest BCUT2D eigenvalue weighted by molar-refractivity contribution is 0.375. The van der Waals surface area contributed by atoms with Crippen LogP contribution in [0.5, 0.6) is 0 Å². The maximum absolute atomic E-state index is 10.5. The first-order valence-electron chi connectivity index (χ1n) is 3.65. The molecule has 1 aliphatic heterocycles. The summed E-state index contributed by atoms with van der Waals surface area (Å²) in [5.74, 6) is 0.140. The Morgan fingerprint density at radius 2 is 2.55 bits per heavy atom. The van der Waals surface area contributed by atoms with E-state index in [2.05, 4.69) is 20.0 Å². The Morgan fingerprint density at radius 3 is 3.09 bits per heavy atom. The second-order valence-corrected chi connectivity index (χ2v) is 2.63. The van der Waals surface area contributed by atoms with Gasteiger partial charge in [0.05, 0.1) is 6.04 Å². The summed E-state index contributed by atoms with van der Waals surface area (Å²) < 4.78 is 4.38. The maximum atomic E-state index is 10.5. The van der Waals surface area contributed by atoms with Gasteiger partial charge in [-0.2, -0.15) is 0 Å². The van der Waals surface area contributed by atoms with Gasteiger partial charge in [-0.1, -0.05) is 5.16 Å². The fourth-order valence-electron chi connectivity index (χ4n) is 1.31. The van der Waals surface area contributed by atoms with Gasteiger partial charge in [-0.3, -0.25) is 9.51 Å². The lowest BCUT2D eigenvalue weighted by Crippen LogP contribution is -2.15. The van der Waals surface area contributed by atoms with Crippen molar-refractivity contribution < 1.29 is 4.52 Å². The average molecular weight is 155 g/mol. The summed E-state index contributed by atoms with van der Waals surface area (Å²) in [4.78, 5) is 13.1. The lowest BCUT2D eigenvalue weighted by atomic mass is 10.2. The van der Waals surface area contributed by atoms with Crippen molar-refractivity contribution in [3.05, 3.63) is 16.4 Å². The number of aromatic nitrogens is 2. The maximum Gasteiger partial charge on any atom is 0.438 e. The summed E-state index contributed by atoms with van der Waals surface area (Å²) in [7, 11) is 0. The Bertz CT molecular complexity index is 284. The zero-order valence-electron chi connectivity index (χ0n) is 5.96. The van der Waals surface area contributed by atoms with Crippen LogP contribution in [0, 0.1) is 0 Å². The first kappa shape index (κ1) is 6.60. The molecule has 1 aromatic rings. The number of rotatable bonds is 1. The van der Waals surface area contributed by atoms with Gasteiger partial charge in [-0.25, -0.2) is 4.79 Å². The average Bonchev–Trinajstić information content (AvgIpc) is 2.55. The van der Waals surface area contributed by atoms with Crippen molar-refractivity contribution in [2.75, 3.05) is 6.54 Å². The van der Waals surface area contributed by atoms with Crippen molar-refractivity contribution in [1.29, 1.82) is 0 Å². The van der Waals surface area contributed by atoms with Gasteiger partial charge < -0.3 is 5.32 Å². The van der Waals surface area contributed by atoms with E-state index in [4.69, 9.17) is 0 Å². The summed E-state index contributed by atoms with van der Waals surface area (Å²) in [6, 6.07) is 0.182. The van der Waals surface area contributed by atoms with Crippen LogP contribution in [0.3, 0.4) is 0 Å². The van der Waals surface area contributed by atoms with Crippen molar-refractivity contribution in [2.45, 2.75) is 18.9 Å². The van der Waals surface area contributed by atoms with Gasteiger partial charge in [0, 0.05) is 0 Å². The van der Waals surface area contributed by atoms with Crippen LogP contribution in [0.25, 0.3) is 0 Å². The molecule has 60 valence electrons. The number of nitrogens with one attached hydrogen (secondary N) is 2. The molecule has 1 aromatic heterocycles. The van der Waals surface area contributed by atoms with Gasteiger partial charge in [0.2, 0.25) is 0 Å². The predicted octanol–water partition coefficient (Wildman–Crippen LogP) is -0.213. The highest BCUT2D eigenvalue weighted by molar-refractivity contribution is 4.92. The Labute approximate surface area is 62.8 Å². The lowest BCUT2D eigenvalue weighted by Gasteiger charge is -2.01. The third-order valence-electron chi connectivity index (χ3n) is 1.85. The predicted molar refractivity (Wildman–Crippen MR) is 37.1 cm³/mol. The standard InChI is InChI=1S/C6H9N3O2/c10-6-8-5(9-11-6)4-2-1-3-7-4/h4,7H,1-3H2,(H,8,9,10). The largest absolute Gasteiger partial charge is 0.438 e. The minimum atomic E-state index is -0.478. The zero-order chi connectivity index (χ0) is 7.68. The fraction of sp³-hybridized carbons (Fsp3) is 0.667. The van der Waals surface area contributed by atoms with Gasteiger partial charge >= 0.3 is 5.76 Å². The highest BCUT2D eigenvalue weighted by atomic mass is 16.5. The topological polar surface area (TPSA) is 70.9 Å². The Morgan fingerprint density at radius 1 is 1.64 bits per heavy atom. The monoisotopic (exact) mass is 155 g/mol. The molecule has 1 saturated heterocycles. The number of aromatic amines is 1. The molecule has 0 aromatic carbocycles. The number of H-pyrrole nitrogens is 1. The van der Waals surface area contributed by atoms with E-state index in [1.54, 1.807) is 0 Å². The summed E-state index contributed by atoms with van der Waals surface area (Å²) in [5.41, 5.74) is 0. The summed E-state index contributed by atoms with van der Waals surface area (Å²) in [6.45, 7) is 0.986. The fourth-order valence-corrected chi connectivity index (χ4v) is 1.31. The van der Waals surface area contributed by atoms with Crippen molar-refractivity contribution in [3.63, 3.8) is 0 Å². The smallest absolute Gasteiger partial charge is 0.307 e. The molecule has 1 fully saturated rings. The van der Waals surface area contributed by atoms with Crippen LogP contribution >= 0.6 is 0 Å². The van der Waals surface area contributed by atoms with E-state index in [-0.39, 0.29) is 6.04 Å². The molecule has 0 spiro atoms. The minimum absolute atomic E-state index is 0.182. The molecule has 0 amide bonds. The SMILES string of the molecule is O=c1[nH]c(C2CCCN2)no1. The summed E-state index contributed by atoms with van der Waals surface area (Å²) in [5, 5.41) is 6.79. The molecule has 2 rings (SSSR count). The molecule has 5 heteroatoms. The van der Waals surface area contributed by atoms with Gasteiger partial charge in [-0.15, -0.1) is 0 Å². The molecule has 1 atom stereocenters. The molecule has 11 heavy (non-hydrogen) atoms. The van der Waals surface area contributed by atoms with Crippen molar-refractivity contribution in [2.24, 2.45) is 0 Å². The normalized spacial score (nSPS) is 24.2. The van der Waals surface area contributed by atoms with E-state index < -0.39 is 5.76 Å². The van der Waals surface area contributed by atoms with Crippen molar-refractivity contribution in [1.82, 2.24) is 15.5 Å². The molecule has 0 bridgehead atoms. The van der Waals surface area contributed by atoms with Crippen LogP contribution in [0.1, 0.15) is 24.7 Å². The van der Waals surface area contributed by atoms with Crippen LogP contribution in [0.4, 0.5) is 0 Å². The third-order valence-corrected chi connectivity index (χ3v) is 1.85. The highest BCUT2D eigenvalue weighted by Gasteiger charge is 2.19. The second-order valence-electron chi connectivity index (χ2n) is 2.63. The van der Waals surface area contributed by atoms with E-state index in [0.717, 1.165) is 19.4 Å². The van der Waals surface area contributed by atoms with E-state index in [0.29, 0.717) is 5.82 Å². The van der Waals surface area contributed by atoms with Crippen LogP contribution in [0.2, 0.25) is 0 Å². The highest BCUT2D eigenvalue weighted by Crippen LogP contribution is 2.17. The summed E-state index contributed by atoms with van der Waals surface area (Å²) >= 11 is 0. The van der Waals surface area contributed by atoms with Crippen LogP contribution in [-0.4, -0.2) is 16.7 Å².